The highest BCUT2D eigenvalue weighted by molar-refractivity contribution is 5.85. The van der Waals surface area contributed by atoms with Gasteiger partial charge in [-0.15, -0.1) is 24.8 Å². The highest BCUT2D eigenvalue weighted by atomic mass is 35.5. The smallest absolute Gasteiger partial charge is 0.326 e. The molecule has 2 N–H and O–H groups in total. The molecule has 1 atom stereocenters. The molecule has 0 saturated heterocycles. The van der Waals surface area contributed by atoms with E-state index in [4.69, 9.17) is 5.11 Å². The molecule has 0 radical (unpaired) electrons. The van der Waals surface area contributed by atoms with Gasteiger partial charge in [-0.25, -0.2) is 4.79 Å². The van der Waals surface area contributed by atoms with Crippen molar-refractivity contribution in [2.75, 3.05) is 5.32 Å². The second-order valence-electron chi connectivity index (χ2n) is 3.23. The molecule has 84 valence electrons. The van der Waals surface area contributed by atoms with Crippen LogP contribution >= 0.6 is 24.8 Å². The molecule has 1 heterocycles. The van der Waals surface area contributed by atoms with Crippen LogP contribution in [0.15, 0.2) is 24.3 Å². The zero-order chi connectivity index (χ0) is 9.26. The number of hydrogen-bond acceptors (Lipinski definition) is 2. The van der Waals surface area contributed by atoms with Gasteiger partial charge in [-0.1, -0.05) is 18.2 Å². The van der Waals surface area contributed by atoms with E-state index in [1.54, 1.807) is 0 Å². The van der Waals surface area contributed by atoms with Crippen LogP contribution in [0.5, 0.6) is 0 Å². The van der Waals surface area contributed by atoms with Crippen molar-refractivity contribution in [1.29, 1.82) is 0 Å². The van der Waals surface area contributed by atoms with Gasteiger partial charge in [0, 0.05) is 5.69 Å². The molecular weight excluding hydrogens is 237 g/mol. The molecule has 3 nitrogen and oxygen atoms in total. The minimum atomic E-state index is -0.769. The van der Waals surface area contributed by atoms with E-state index in [0.717, 1.165) is 12.1 Å². The quantitative estimate of drug-likeness (QED) is 0.804. The SMILES string of the molecule is Cl.Cl.O=C(O)C1CCc2ccccc2N1. The Morgan fingerprint density at radius 2 is 2.00 bits per heavy atom. The van der Waals surface area contributed by atoms with Gasteiger partial charge in [0.15, 0.2) is 0 Å². The fourth-order valence-electron chi connectivity index (χ4n) is 1.62. The zero-order valence-corrected chi connectivity index (χ0v) is 9.61. The van der Waals surface area contributed by atoms with E-state index in [-0.39, 0.29) is 24.8 Å². The number of halogens is 2. The van der Waals surface area contributed by atoms with Crippen molar-refractivity contribution in [1.82, 2.24) is 0 Å². The van der Waals surface area contributed by atoms with Crippen LogP contribution in [0, 0.1) is 0 Å². The van der Waals surface area contributed by atoms with Gasteiger partial charge in [-0.05, 0) is 24.5 Å². The zero-order valence-electron chi connectivity index (χ0n) is 7.97. The van der Waals surface area contributed by atoms with Gasteiger partial charge in [0.1, 0.15) is 6.04 Å². The summed E-state index contributed by atoms with van der Waals surface area (Å²) in [4.78, 5) is 10.7. The van der Waals surface area contributed by atoms with Crippen LogP contribution in [0.3, 0.4) is 0 Å². The summed E-state index contributed by atoms with van der Waals surface area (Å²) in [5, 5.41) is 11.8. The van der Waals surface area contributed by atoms with Crippen LogP contribution in [-0.2, 0) is 11.2 Å². The van der Waals surface area contributed by atoms with Crippen LogP contribution in [0.25, 0.3) is 0 Å². The summed E-state index contributed by atoms with van der Waals surface area (Å²) in [5.41, 5.74) is 2.17. The molecule has 2 rings (SSSR count). The number of benzene rings is 1. The highest BCUT2D eigenvalue weighted by Gasteiger charge is 2.22. The molecular formula is C10H13Cl2NO2. The molecule has 0 spiro atoms. The van der Waals surface area contributed by atoms with Crippen molar-refractivity contribution < 1.29 is 9.90 Å². The van der Waals surface area contributed by atoms with Crippen LogP contribution in [0.1, 0.15) is 12.0 Å². The first-order chi connectivity index (χ1) is 6.27. The van der Waals surface area contributed by atoms with E-state index in [1.165, 1.54) is 5.56 Å². The molecule has 0 aromatic heterocycles. The maximum absolute atomic E-state index is 10.7. The molecule has 5 heteroatoms. The second-order valence-corrected chi connectivity index (χ2v) is 3.23. The highest BCUT2D eigenvalue weighted by Crippen LogP contribution is 2.23. The Morgan fingerprint density at radius 1 is 1.33 bits per heavy atom. The maximum Gasteiger partial charge on any atom is 0.326 e. The number of rotatable bonds is 1. The lowest BCUT2D eigenvalue weighted by atomic mass is 9.98. The Bertz CT molecular complexity index is 344. The van der Waals surface area contributed by atoms with Crippen LogP contribution in [-0.4, -0.2) is 17.1 Å². The third kappa shape index (κ3) is 3.01. The monoisotopic (exact) mass is 249 g/mol. The summed E-state index contributed by atoms with van der Waals surface area (Å²) < 4.78 is 0. The number of carboxylic acids is 1. The van der Waals surface area contributed by atoms with Gasteiger partial charge in [0.05, 0.1) is 0 Å². The Hall–Kier alpha value is -0.930. The van der Waals surface area contributed by atoms with E-state index in [0.29, 0.717) is 6.42 Å². The number of carboxylic acid groups (broad SMARTS) is 1. The maximum atomic E-state index is 10.7. The molecule has 0 amide bonds. The minimum Gasteiger partial charge on any atom is -0.480 e. The van der Waals surface area contributed by atoms with Crippen molar-refractivity contribution in [3.8, 4) is 0 Å². The number of hydrogen-bond donors (Lipinski definition) is 2. The Kier molecular flexibility index (Phi) is 5.47. The van der Waals surface area contributed by atoms with E-state index < -0.39 is 12.0 Å². The molecule has 1 unspecified atom stereocenters. The van der Waals surface area contributed by atoms with Crippen LogP contribution < -0.4 is 5.32 Å². The normalized spacial score (nSPS) is 17.5. The van der Waals surface area contributed by atoms with E-state index in [9.17, 15) is 4.79 Å². The van der Waals surface area contributed by atoms with Crippen molar-refractivity contribution in [3.63, 3.8) is 0 Å². The van der Waals surface area contributed by atoms with Gasteiger partial charge < -0.3 is 10.4 Å². The third-order valence-corrected chi connectivity index (χ3v) is 2.35. The van der Waals surface area contributed by atoms with Crippen molar-refractivity contribution in [3.05, 3.63) is 29.8 Å². The summed E-state index contributed by atoms with van der Waals surface area (Å²) in [6, 6.07) is 7.41. The lowest BCUT2D eigenvalue weighted by molar-refractivity contribution is -0.138. The van der Waals surface area contributed by atoms with Crippen LogP contribution in [0.4, 0.5) is 5.69 Å². The first kappa shape index (κ1) is 14.1. The number of aryl methyl sites for hydroxylation is 1. The van der Waals surface area contributed by atoms with E-state index in [1.807, 2.05) is 24.3 Å². The van der Waals surface area contributed by atoms with Gasteiger partial charge >= 0.3 is 5.97 Å². The molecule has 0 fully saturated rings. The third-order valence-electron chi connectivity index (χ3n) is 2.35. The molecule has 1 aromatic rings. The Morgan fingerprint density at radius 3 is 2.67 bits per heavy atom. The first-order valence-corrected chi connectivity index (χ1v) is 4.34. The largest absolute Gasteiger partial charge is 0.480 e. The number of fused-ring (bicyclic) bond motifs is 1. The van der Waals surface area contributed by atoms with Gasteiger partial charge in [0.2, 0.25) is 0 Å². The Balaban J connectivity index is 0.000000980. The van der Waals surface area contributed by atoms with Crippen molar-refractivity contribution in [2.45, 2.75) is 18.9 Å². The predicted octanol–water partition coefficient (Wildman–Crippen LogP) is 2.34. The molecule has 1 aromatic carbocycles. The molecule has 0 bridgehead atoms. The first-order valence-electron chi connectivity index (χ1n) is 4.34. The summed E-state index contributed by atoms with van der Waals surface area (Å²) in [5.74, 6) is -0.769. The van der Waals surface area contributed by atoms with E-state index >= 15 is 0 Å². The summed E-state index contributed by atoms with van der Waals surface area (Å²) in [6.07, 6.45) is 1.52. The van der Waals surface area contributed by atoms with Gasteiger partial charge in [0.25, 0.3) is 0 Å². The van der Waals surface area contributed by atoms with E-state index in [2.05, 4.69) is 5.32 Å². The molecule has 0 aliphatic carbocycles. The number of carbonyl (C=O) groups is 1. The Labute approximate surface area is 101 Å². The summed E-state index contributed by atoms with van der Waals surface area (Å²) >= 11 is 0. The number of nitrogens with one attached hydrogen (secondary N) is 1. The molecule has 15 heavy (non-hydrogen) atoms. The lowest BCUT2D eigenvalue weighted by Crippen LogP contribution is -2.33. The fourth-order valence-corrected chi connectivity index (χ4v) is 1.62. The number of para-hydroxylation sites is 1. The van der Waals surface area contributed by atoms with Gasteiger partial charge in [-0.2, -0.15) is 0 Å². The van der Waals surface area contributed by atoms with Crippen molar-refractivity contribution >= 4 is 36.5 Å². The number of aliphatic carboxylic acids is 1. The topological polar surface area (TPSA) is 49.3 Å². The summed E-state index contributed by atoms with van der Waals surface area (Å²) in [6.45, 7) is 0. The second kappa shape index (κ2) is 5.83. The average Bonchev–Trinajstić information content (AvgIpc) is 2.17. The van der Waals surface area contributed by atoms with Gasteiger partial charge in [-0.3, -0.25) is 0 Å². The van der Waals surface area contributed by atoms with Crippen LogP contribution in [0.2, 0.25) is 0 Å². The van der Waals surface area contributed by atoms with Crippen molar-refractivity contribution in [2.24, 2.45) is 0 Å². The molecule has 0 saturated carbocycles. The summed E-state index contributed by atoms with van der Waals surface area (Å²) in [7, 11) is 0. The lowest BCUT2D eigenvalue weighted by Gasteiger charge is -2.23. The standard InChI is InChI=1S/C10H11NO2.2ClH/c12-10(13)9-6-5-7-3-1-2-4-8(7)11-9;;/h1-4,9,11H,5-6H2,(H,12,13);2*1H. The molecule has 1 aliphatic heterocycles. The minimum absolute atomic E-state index is 0. The fraction of sp³-hybridized carbons (Fsp3) is 0.300. The number of anilines is 1. The average molecular weight is 250 g/mol. The predicted molar refractivity (Wildman–Crippen MR) is 64.3 cm³/mol. The molecule has 1 aliphatic rings.